The van der Waals surface area contributed by atoms with Gasteiger partial charge in [-0.25, -0.2) is 8.42 Å². The average Bonchev–Trinajstić information content (AvgIpc) is 3.09. The number of nitrogens with zero attached hydrogens (tertiary/aromatic N) is 1. The lowest BCUT2D eigenvalue weighted by molar-refractivity contribution is 0.310. The molecule has 0 aliphatic carbocycles. The van der Waals surface area contributed by atoms with Gasteiger partial charge in [0.2, 0.25) is 0 Å². The van der Waals surface area contributed by atoms with Crippen molar-refractivity contribution in [1.82, 2.24) is 4.31 Å². The van der Waals surface area contributed by atoms with E-state index in [9.17, 15) is 8.42 Å². The molecule has 2 aromatic rings. The maximum absolute atomic E-state index is 12.6. The zero-order valence-corrected chi connectivity index (χ0v) is 15.1. The number of thiophene rings is 1. The normalized spacial score (nSPS) is 11.7. The van der Waals surface area contributed by atoms with Crippen LogP contribution in [0.2, 0.25) is 0 Å². The first-order chi connectivity index (χ1) is 11.0. The first-order valence-electron chi connectivity index (χ1n) is 7.36. The summed E-state index contributed by atoms with van der Waals surface area (Å²) < 4.78 is 37.9. The number of ether oxygens (including phenoxy) is 2. The van der Waals surface area contributed by atoms with Crippen molar-refractivity contribution in [2.75, 3.05) is 20.3 Å². The van der Waals surface area contributed by atoms with E-state index in [1.165, 1.54) is 15.6 Å². The molecule has 2 rings (SSSR count). The van der Waals surface area contributed by atoms with Crippen LogP contribution in [0.3, 0.4) is 0 Å². The Morgan fingerprint density at radius 2 is 1.96 bits per heavy atom. The second-order valence-corrected chi connectivity index (χ2v) is 7.89. The third-order valence-electron chi connectivity index (χ3n) is 3.33. The summed E-state index contributed by atoms with van der Waals surface area (Å²) in [5.74, 6) is 1.26. The lowest BCUT2D eigenvalue weighted by Crippen LogP contribution is -2.29. The van der Waals surface area contributed by atoms with Crippen molar-refractivity contribution in [1.29, 1.82) is 0 Å². The number of rotatable bonds is 8. The molecule has 0 unspecified atom stereocenters. The number of hydrogen-bond donors (Lipinski definition) is 0. The fourth-order valence-electron chi connectivity index (χ4n) is 2.19. The minimum absolute atomic E-state index is 0.291. The van der Waals surface area contributed by atoms with E-state index in [0.29, 0.717) is 35.4 Å². The van der Waals surface area contributed by atoms with Crippen molar-refractivity contribution in [3.8, 4) is 11.5 Å². The SMILES string of the molecule is CCOc1ccc(CN(CC)S(=O)(=O)c2cccs2)cc1OC. The van der Waals surface area contributed by atoms with Crippen LogP contribution in [-0.4, -0.2) is 33.0 Å². The van der Waals surface area contributed by atoms with Crippen LogP contribution in [0.4, 0.5) is 0 Å². The van der Waals surface area contributed by atoms with Gasteiger partial charge < -0.3 is 9.47 Å². The molecule has 0 saturated carbocycles. The van der Waals surface area contributed by atoms with Gasteiger partial charge in [0.25, 0.3) is 10.0 Å². The Balaban J connectivity index is 2.26. The van der Waals surface area contributed by atoms with Gasteiger partial charge >= 0.3 is 0 Å². The van der Waals surface area contributed by atoms with Gasteiger partial charge in [-0.05, 0) is 36.1 Å². The number of benzene rings is 1. The van der Waals surface area contributed by atoms with E-state index in [0.717, 1.165) is 5.56 Å². The Morgan fingerprint density at radius 3 is 2.52 bits per heavy atom. The van der Waals surface area contributed by atoms with Crippen molar-refractivity contribution >= 4 is 21.4 Å². The molecule has 0 amide bonds. The summed E-state index contributed by atoms with van der Waals surface area (Å²) in [6.07, 6.45) is 0. The van der Waals surface area contributed by atoms with Crippen LogP contribution in [-0.2, 0) is 16.6 Å². The zero-order valence-electron chi connectivity index (χ0n) is 13.5. The van der Waals surface area contributed by atoms with E-state index >= 15 is 0 Å². The highest BCUT2D eigenvalue weighted by Gasteiger charge is 2.24. The van der Waals surface area contributed by atoms with Gasteiger partial charge in [-0.2, -0.15) is 4.31 Å². The molecule has 0 aliphatic rings. The molecule has 23 heavy (non-hydrogen) atoms. The Labute approximate surface area is 141 Å². The van der Waals surface area contributed by atoms with Gasteiger partial charge in [0.15, 0.2) is 11.5 Å². The van der Waals surface area contributed by atoms with Crippen LogP contribution in [0.1, 0.15) is 19.4 Å². The van der Waals surface area contributed by atoms with E-state index in [-0.39, 0.29) is 0 Å². The number of sulfonamides is 1. The highest BCUT2D eigenvalue weighted by atomic mass is 32.2. The minimum atomic E-state index is -3.47. The summed E-state index contributed by atoms with van der Waals surface area (Å²) >= 11 is 1.23. The zero-order chi connectivity index (χ0) is 16.9. The molecule has 1 aromatic heterocycles. The highest BCUT2D eigenvalue weighted by Crippen LogP contribution is 2.29. The quantitative estimate of drug-likeness (QED) is 0.728. The fraction of sp³-hybridized carbons (Fsp3) is 0.375. The molecule has 0 radical (unpaired) electrons. The molecule has 0 aliphatic heterocycles. The minimum Gasteiger partial charge on any atom is -0.493 e. The van der Waals surface area contributed by atoms with E-state index in [1.807, 2.05) is 32.0 Å². The predicted octanol–water partition coefficient (Wildman–Crippen LogP) is 3.37. The molecule has 0 N–H and O–H groups in total. The van der Waals surface area contributed by atoms with Gasteiger partial charge in [0.1, 0.15) is 4.21 Å². The molecule has 0 saturated heterocycles. The van der Waals surface area contributed by atoms with Gasteiger partial charge in [-0.15, -0.1) is 11.3 Å². The fourth-order valence-corrected chi connectivity index (χ4v) is 4.77. The second kappa shape index (κ2) is 7.81. The van der Waals surface area contributed by atoms with Crippen LogP contribution in [0.15, 0.2) is 39.9 Å². The summed E-state index contributed by atoms with van der Waals surface area (Å²) in [7, 11) is -1.90. The predicted molar refractivity (Wildman–Crippen MR) is 91.8 cm³/mol. The standard InChI is InChI=1S/C16H21NO4S2/c1-4-17(23(18,19)16-7-6-10-22-16)12-13-8-9-14(21-5-2)15(11-13)20-3/h6-11H,4-5,12H2,1-3H3. The van der Waals surface area contributed by atoms with Crippen LogP contribution >= 0.6 is 11.3 Å². The first-order valence-corrected chi connectivity index (χ1v) is 9.68. The van der Waals surface area contributed by atoms with E-state index in [1.54, 1.807) is 24.6 Å². The van der Waals surface area contributed by atoms with Gasteiger partial charge in [0, 0.05) is 13.1 Å². The van der Waals surface area contributed by atoms with Crippen LogP contribution in [0.25, 0.3) is 0 Å². The average molecular weight is 355 g/mol. The van der Waals surface area contributed by atoms with Crippen LogP contribution < -0.4 is 9.47 Å². The van der Waals surface area contributed by atoms with Gasteiger partial charge in [0.05, 0.1) is 13.7 Å². The third-order valence-corrected chi connectivity index (χ3v) is 6.62. The molecule has 5 nitrogen and oxygen atoms in total. The van der Waals surface area contributed by atoms with Crippen molar-refractivity contribution in [2.45, 2.75) is 24.6 Å². The van der Waals surface area contributed by atoms with Crippen molar-refractivity contribution < 1.29 is 17.9 Å². The lowest BCUT2D eigenvalue weighted by atomic mass is 10.2. The molecule has 1 aromatic carbocycles. The monoisotopic (exact) mass is 355 g/mol. The topological polar surface area (TPSA) is 55.8 Å². The summed E-state index contributed by atoms with van der Waals surface area (Å²) in [4.78, 5) is 0. The van der Waals surface area contributed by atoms with Crippen LogP contribution in [0, 0.1) is 0 Å². The molecule has 0 fully saturated rings. The number of methoxy groups -OCH3 is 1. The molecule has 7 heteroatoms. The third kappa shape index (κ3) is 4.04. The molecular weight excluding hydrogens is 334 g/mol. The summed E-state index contributed by atoms with van der Waals surface area (Å²) in [6.45, 7) is 4.97. The van der Waals surface area contributed by atoms with Gasteiger partial charge in [-0.3, -0.25) is 0 Å². The Morgan fingerprint density at radius 1 is 1.17 bits per heavy atom. The molecule has 126 valence electrons. The molecule has 0 spiro atoms. The molecular formula is C16H21NO4S2. The lowest BCUT2D eigenvalue weighted by Gasteiger charge is -2.20. The van der Waals surface area contributed by atoms with E-state index in [4.69, 9.17) is 9.47 Å². The Kier molecular flexibility index (Phi) is 6.04. The van der Waals surface area contributed by atoms with Crippen molar-refractivity contribution in [3.63, 3.8) is 0 Å². The Bertz CT molecular complexity index is 727. The highest BCUT2D eigenvalue weighted by molar-refractivity contribution is 7.91. The molecule has 0 bridgehead atoms. The Hall–Kier alpha value is -1.57. The first kappa shape index (κ1) is 17.8. The maximum Gasteiger partial charge on any atom is 0.252 e. The van der Waals surface area contributed by atoms with Crippen LogP contribution in [0.5, 0.6) is 11.5 Å². The van der Waals surface area contributed by atoms with Crippen molar-refractivity contribution in [2.24, 2.45) is 0 Å². The molecule has 1 heterocycles. The van der Waals surface area contributed by atoms with E-state index < -0.39 is 10.0 Å². The summed E-state index contributed by atoms with van der Waals surface area (Å²) in [6, 6.07) is 8.85. The smallest absolute Gasteiger partial charge is 0.252 e. The summed E-state index contributed by atoms with van der Waals surface area (Å²) in [5.41, 5.74) is 0.854. The second-order valence-electron chi connectivity index (χ2n) is 4.78. The largest absolute Gasteiger partial charge is 0.493 e. The maximum atomic E-state index is 12.6. The van der Waals surface area contributed by atoms with Gasteiger partial charge in [-0.1, -0.05) is 19.1 Å². The van der Waals surface area contributed by atoms with E-state index in [2.05, 4.69) is 0 Å². The van der Waals surface area contributed by atoms with Crippen molar-refractivity contribution in [3.05, 3.63) is 41.3 Å². The molecule has 0 atom stereocenters. The summed E-state index contributed by atoms with van der Waals surface area (Å²) in [5, 5.41) is 1.76. The number of hydrogen-bond acceptors (Lipinski definition) is 5.